The maximum atomic E-state index is 4.69. The van der Waals surface area contributed by atoms with Gasteiger partial charge in [-0.3, -0.25) is 0 Å². The molecule has 1 aliphatic rings. The molecule has 1 atom stereocenters. The second-order valence-corrected chi connectivity index (χ2v) is 6.41. The Hall–Kier alpha value is -1.88. The van der Waals surface area contributed by atoms with E-state index in [9.17, 15) is 0 Å². The summed E-state index contributed by atoms with van der Waals surface area (Å²) in [6, 6.07) is 8.57. The number of anilines is 2. The van der Waals surface area contributed by atoms with Crippen molar-refractivity contribution in [1.82, 2.24) is 14.4 Å². The lowest BCUT2D eigenvalue weighted by Crippen LogP contribution is -2.31. The Morgan fingerprint density at radius 3 is 3.05 bits per heavy atom. The zero-order chi connectivity index (χ0) is 14.4. The molecule has 0 N–H and O–H groups in total. The molecule has 0 bridgehead atoms. The Morgan fingerprint density at radius 2 is 2.14 bits per heavy atom. The van der Waals surface area contributed by atoms with E-state index in [-0.39, 0.29) is 0 Å². The SMILES string of the molecule is CC1Cc2ccccc2N(c2nc(Br)cn3ccnc23)C1. The average molecular weight is 343 g/mol. The molecule has 0 saturated heterocycles. The van der Waals surface area contributed by atoms with Crippen LogP contribution in [0, 0.1) is 5.92 Å². The number of imidazole rings is 1. The average Bonchev–Trinajstić information content (AvgIpc) is 2.93. The molecule has 0 radical (unpaired) electrons. The van der Waals surface area contributed by atoms with Gasteiger partial charge in [0.1, 0.15) is 4.60 Å². The van der Waals surface area contributed by atoms with Crippen molar-refractivity contribution < 1.29 is 0 Å². The first-order valence-electron chi connectivity index (χ1n) is 7.07. The quantitative estimate of drug-likeness (QED) is 0.674. The van der Waals surface area contributed by atoms with Gasteiger partial charge >= 0.3 is 0 Å². The van der Waals surface area contributed by atoms with Crippen molar-refractivity contribution in [1.29, 1.82) is 0 Å². The molecule has 4 nitrogen and oxygen atoms in total. The third-order valence-corrected chi connectivity index (χ3v) is 4.31. The van der Waals surface area contributed by atoms with E-state index in [0.717, 1.165) is 29.0 Å². The highest BCUT2D eigenvalue weighted by Crippen LogP contribution is 2.36. The molecular formula is C16H15BrN4. The summed E-state index contributed by atoms with van der Waals surface area (Å²) in [6.07, 6.45) is 6.81. The number of hydrogen-bond donors (Lipinski definition) is 0. The summed E-state index contributed by atoms with van der Waals surface area (Å²) in [5, 5.41) is 0. The molecule has 106 valence electrons. The second kappa shape index (κ2) is 4.84. The molecule has 1 aliphatic heterocycles. The van der Waals surface area contributed by atoms with Gasteiger partial charge in [-0.2, -0.15) is 0 Å². The summed E-state index contributed by atoms with van der Waals surface area (Å²) in [5.41, 5.74) is 3.51. The smallest absolute Gasteiger partial charge is 0.180 e. The van der Waals surface area contributed by atoms with Gasteiger partial charge in [-0.05, 0) is 39.9 Å². The monoisotopic (exact) mass is 342 g/mol. The number of nitrogens with zero attached hydrogens (tertiary/aromatic N) is 4. The lowest BCUT2D eigenvalue weighted by molar-refractivity contribution is 0.560. The number of benzene rings is 1. The summed E-state index contributed by atoms with van der Waals surface area (Å²) in [7, 11) is 0. The second-order valence-electron chi connectivity index (χ2n) is 5.59. The molecule has 4 rings (SSSR count). The molecule has 0 aliphatic carbocycles. The van der Waals surface area contributed by atoms with Crippen molar-refractivity contribution in [2.45, 2.75) is 13.3 Å². The third kappa shape index (κ3) is 2.12. The minimum absolute atomic E-state index is 0.593. The van der Waals surface area contributed by atoms with E-state index >= 15 is 0 Å². The van der Waals surface area contributed by atoms with Crippen LogP contribution in [0.3, 0.4) is 0 Å². The van der Waals surface area contributed by atoms with Gasteiger partial charge in [-0.15, -0.1) is 0 Å². The molecule has 3 heterocycles. The van der Waals surface area contributed by atoms with Crippen LogP contribution in [0.2, 0.25) is 0 Å². The molecule has 21 heavy (non-hydrogen) atoms. The van der Waals surface area contributed by atoms with Crippen molar-refractivity contribution >= 4 is 33.1 Å². The fourth-order valence-electron chi connectivity index (χ4n) is 3.06. The molecule has 3 aromatic rings. The normalized spacial score (nSPS) is 18.0. The van der Waals surface area contributed by atoms with E-state index in [0.29, 0.717) is 5.92 Å². The molecule has 1 aromatic carbocycles. The zero-order valence-corrected chi connectivity index (χ0v) is 13.3. The van der Waals surface area contributed by atoms with Gasteiger partial charge in [0.25, 0.3) is 0 Å². The van der Waals surface area contributed by atoms with Crippen LogP contribution in [0.4, 0.5) is 11.5 Å². The molecule has 0 amide bonds. The zero-order valence-electron chi connectivity index (χ0n) is 11.7. The standard InChI is InChI=1S/C16H15BrN4/c1-11-8-12-4-2-3-5-13(12)21(9-11)16-15-18-6-7-20(15)10-14(17)19-16/h2-7,10-11H,8-9H2,1H3. The van der Waals surface area contributed by atoms with Crippen LogP contribution in [0.15, 0.2) is 47.5 Å². The highest BCUT2D eigenvalue weighted by Gasteiger charge is 2.25. The summed E-state index contributed by atoms with van der Waals surface area (Å²) in [6.45, 7) is 3.24. The van der Waals surface area contributed by atoms with Crippen LogP contribution in [-0.4, -0.2) is 20.9 Å². The summed E-state index contributed by atoms with van der Waals surface area (Å²) in [5.74, 6) is 1.50. The topological polar surface area (TPSA) is 33.4 Å². The molecule has 0 fully saturated rings. The van der Waals surface area contributed by atoms with Crippen molar-refractivity contribution in [3.05, 3.63) is 53.0 Å². The first-order chi connectivity index (χ1) is 10.2. The fraction of sp³-hybridized carbons (Fsp3) is 0.250. The van der Waals surface area contributed by atoms with Crippen LogP contribution in [0.1, 0.15) is 12.5 Å². The molecule has 2 aromatic heterocycles. The lowest BCUT2D eigenvalue weighted by Gasteiger charge is -2.34. The Kier molecular flexibility index (Phi) is 2.96. The molecule has 5 heteroatoms. The molecule has 0 saturated carbocycles. The van der Waals surface area contributed by atoms with Crippen LogP contribution in [0.5, 0.6) is 0 Å². The van der Waals surface area contributed by atoms with Gasteiger partial charge in [-0.1, -0.05) is 25.1 Å². The predicted octanol–water partition coefficient (Wildman–Crippen LogP) is 3.82. The number of hydrogen-bond acceptors (Lipinski definition) is 3. The van der Waals surface area contributed by atoms with Gasteiger partial charge < -0.3 is 9.30 Å². The first kappa shape index (κ1) is 12.8. The van der Waals surface area contributed by atoms with Crippen LogP contribution in [-0.2, 0) is 6.42 Å². The maximum Gasteiger partial charge on any atom is 0.180 e. The molecule has 1 unspecified atom stereocenters. The largest absolute Gasteiger partial charge is 0.323 e. The number of aromatic nitrogens is 3. The Balaban J connectivity index is 1.94. The molecular weight excluding hydrogens is 328 g/mol. The van der Waals surface area contributed by atoms with E-state index in [1.165, 1.54) is 11.3 Å². The van der Waals surface area contributed by atoms with Crippen molar-refractivity contribution in [2.75, 3.05) is 11.4 Å². The number of para-hydroxylation sites is 1. The summed E-state index contributed by atoms with van der Waals surface area (Å²) in [4.78, 5) is 11.4. The van der Waals surface area contributed by atoms with Crippen LogP contribution >= 0.6 is 15.9 Å². The number of rotatable bonds is 1. The van der Waals surface area contributed by atoms with Gasteiger partial charge in [0.05, 0.1) is 0 Å². The fourth-order valence-corrected chi connectivity index (χ4v) is 3.45. The van der Waals surface area contributed by atoms with Crippen LogP contribution in [0.25, 0.3) is 5.65 Å². The van der Waals surface area contributed by atoms with Gasteiger partial charge in [0.15, 0.2) is 11.5 Å². The minimum Gasteiger partial charge on any atom is -0.323 e. The van der Waals surface area contributed by atoms with Gasteiger partial charge in [0.2, 0.25) is 0 Å². The first-order valence-corrected chi connectivity index (χ1v) is 7.86. The Morgan fingerprint density at radius 1 is 1.29 bits per heavy atom. The van der Waals surface area contributed by atoms with Gasteiger partial charge in [-0.25, -0.2) is 9.97 Å². The predicted molar refractivity (Wildman–Crippen MR) is 87.0 cm³/mol. The van der Waals surface area contributed by atoms with Crippen molar-refractivity contribution in [2.24, 2.45) is 5.92 Å². The summed E-state index contributed by atoms with van der Waals surface area (Å²) >= 11 is 3.50. The van der Waals surface area contributed by atoms with E-state index in [1.54, 1.807) is 0 Å². The summed E-state index contributed by atoms with van der Waals surface area (Å²) < 4.78 is 2.83. The number of fused-ring (bicyclic) bond motifs is 2. The van der Waals surface area contributed by atoms with E-state index in [4.69, 9.17) is 0 Å². The Labute approximate surface area is 131 Å². The Bertz CT molecular complexity index is 811. The van der Waals surface area contributed by atoms with E-state index in [2.05, 4.69) is 62.0 Å². The maximum absolute atomic E-state index is 4.69. The van der Waals surface area contributed by atoms with Gasteiger partial charge in [0, 0.05) is 30.8 Å². The molecule has 0 spiro atoms. The van der Waals surface area contributed by atoms with Crippen molar-refractivity contribution in [3.63, 3.8) is 0 Å². The highest BCUT2D eigenvalue weighted by atomic mass is 79.9. The van der Waals surface area contributed by atoms with Crippen LogP contribution < -0.4 is 4.90 Å². The van der Waals surface area contributed by atoms with E-state index in [1.807, 2.05) is 23.0 Å². The number of halogens is 1. The third-order valence-electron chi connectivity index (χ3n) is 3.93. The van der Waals surface area contributed by atoms with E-state index < -0.39 is 0 Å². The highest BCUT2D eigenvalue weighted by molar-refractivity contribution is 9.10. The van der Waals surface area contributed by atoms with Crippen molar-refractivity contribution in [3.8, 4) is 0 Å². The minimum atomic E-state index is 0.593. The lowest BCUT2D eigenvalue weighted by atomic mass is 9.94.